The van der Waals surface area contributed by atoms with Gasteiger partial charge in [0.1, 0.15) is 5.69 Å². The van der Waals surface area contributed by atoms with Gasteiger partial charge in [0.15, 0.2) is 5.82 Å². The van der Waals surface area contributed by atoms with Gasteiger partial charge in [0, 0.05) is 18.9 Å². The number of benzene rings is 1. The summed E-state index contributed by atoms with van der Waals surface area (Å²) in [5, 5.41) is 4.34. The monoisotopic (exact) mass is 407 g/mol. The lowest BCUT2D eigenvalue weighted by molar-refractivity contribution is 0.0990. The smallest absolute Gasteiger partial charge is 0.288 e. The van der Waals surface area contributed by atoms with E-state index in [4.69, 9.17) is 10.5 Å². The first-order valence-electron chi connectivity index (χ1n) is 10.4. The topological polar surface area (TPSA) is 95.9 Å². The molecule has 7 nitrogen and oxygen atoms in total. The van der Waals surface area contributed by atoms with E-state index in [1.165, 1.54) is 5.56 Å². The standard InChI is InChI=1S/C23H29N5O2/c1-4-5-12-30-15-16(2)13-18-9-7-10-19(14-18)28-23(26-22(27-28)21(24)29)20-11-6-8-17(3)25-20/h6-11,14,16H,4-5,12-13,15H2,1-3H3,(H2,24,29). The summed E-state index contributed by atoms with van der Waals surface area (Å²) >= 11 is 0. The predicted molar refractivity (Wildman–Crippen MR) is 116 cm³/mol. The SMILES string of the molecule is CCCCOCC(C)Cc1cccc(-n2nc(C(N)=O)nc2-c2cccc(C)n2)c1. The van der Waals surface area contributed by atoms with E-state index >= 15 is 0 Å². The number of pyridine rings is 1. The van der Waals surface area contributed by atoms with E-state index in [1.807, 2.05) is 37.3 Å². The van der Waals surface area contributed by atoms with Crippen molar-refractivity contribution in [3.8, 4) is 17.2 Å². The summed E-state index contributed by atoms with van der Waals surface area (Å²) in [6.07, 6.45) is 3.11. The van der Waals surface area contributed by atoms with Gasteiger partial charge in [-0.3, -0.25) is 4.79 Å². The largest absolute Gasteiger partial charge is 0.381 e. The van der Waals surface area contributed by atoms with E-state index in [0.29, 0.717) is 17.4 Å². The van der Waals surface area contributed by atoms with Crippen molar-refractivity contribution in [2.75, 3.05) is 13.2 Å². The van der Waals surface area contributed by atoms with Crippen LogP contribution in [0.2, 0.25) is 0 Å². The Kier molecular flexibility index (Phi) is 7.30. The third-order valence-corrected chi connectivity index (χ3v) is 4.73. The van der Waals surface area contributed by atoms with Gasteiger partial charge in [-0.25, -0.2) is 14.6 Å². The molecular weight excluding hydrogens is 378 g/mol. The Balaban J connectivity index is 1.87. The number of hydrogen-bond acceptors (Lipinski definition) is 5. The summed E-state index contributed by atoms with van der Waals surface area (Å²) in [5.74, 6) is 0.181. The number of primary amides is 1. The number of nitrogens with two attached hydrogens (primary N) is 1. The van der Waals surface area contributed by atoms with Crippen molar-refractivity contribution in [1.29, 1.82) is 0 Å². The number of nitrogens with zero attached hydrogens (tertiary/aromatic N) is 4. The number of amides is 1. The number of aromatic nitrogens is 4. The van der Waals surface area contributed by atoms with E-state index in [0.717, 1.165) is 43.9 Å². The third kappa shape index (κ3) is 5.51. The summed E-state index contributed by atoms with van der Waals surface area (Å²) in [6, 6.07) is 13.7. The molecule has 0 spiro atoms. The van der Waals surface area contributed by atoms with Gasteiger partial charge in [-0.1, -0.05) is 38.5 Å². The second-order valence-corrected chi connectivity index (χ2v) is 7.61. The minimum absolute atomic E-state index is 0.0311. The number of carbonyl (C=O) groups is 1. The van der Waals surface area contributed by atoms with Crippen LogP contribution < -0.4 is 5.73 Å². The molecule has 0 saturated heterocycles. The fourth-order valence-corrected chi connectivity index (χ4v) is 3.24. The molecule has 1 unspecified atom stereocenters. The van der Waals surface area contributed by atoms with Crippen LogP contribution in [-0.4, -0.2) is 38.9 Å². The zero-order chi connectivity index (χ0) is 21.5. The van der Waals surface area contributed by atoms with E-state index in [2.05, 4.69) is 41.0 Å². The number of unbranched alkanes of at least 4 members (excludes halogenated alkanes) is 1. The van der Waals surface area contributed by atoms with Gasteiger partial charge in [-0.2, -0.15) is 0 Å². The van der Waals surface area contributed by atoms with Gasteiger partial charge in [0.05, 0.1) is 5.69 Å². The quantitative estimate of drug-likeness (QED) is 0.517. The molecule has 0 aliphatic carbocycles. The van der Waals surface area contributed by atoms with Crippen LogP contribution in [0, 0.1) is 12.8 Å². The van der Waals surface area contributed by atoms with Crippen molar-refractivity contribution in [1.82, 2.24) is 19.7 Å². The molecular formula is C23H29N5O2. The lowest BCUT2D eigenvalue weighted by Crippen LogP contribution is -2.13. The van der Waals surface area contributed by atoms with Gasteiger partial charge in [0.2, 0.25) is 5.82 Å². The molecule has 1 atom stereocenters. The molecule has 2 N–H and O–H groups in total. The fraction of sp³-hybridized carbons (Fsp3) is 0.391. The van der Waals surface area contributed by atoms with E-state index in [9.17, 15) is 4.79 Å². The van der Waals surface area contributed by atoms with E-state index in [-0.39, 0.29) is 5.82 Å². The fourth-order valence-electron chi connectivity index (χ4n) is 3.24. The van der Waals surface area contributed by atoms with Crippen LogP contribution in [0.1, 0.15) is 48.6 Å². The molecule has 2 aromatic heterocycles. The van der Waals surface area contributed by atoms with Crippen LogP contribution in [0.25, 0.3) is 17.2 Å². The van der Waals surface area contributed by atoms with Crippen LogP contribution in [0.4, 0.5) is 0 Å². The third-order valence-electron chi connectivity index (χ3n) is 4.73. The van der Waals surface area contributed by atoms with Crippen LogP contribution in [0.3, 0.4) is 0 Å². The highest BCUT2D eigenvalue weighted by Crippen LogP contribution is 2.21. The summed E-state index contributed by atoms with van der Waals surface area (Å²) in [4.78, 5) is 20.6. The Morgan fingerprint density at radius 2 is 2.00 bits per heavy atom. The number of ether oxygens (including phenoxy) is 1. The van der Waals surface area contributed by atoms with E-state index < -0.39 is 5.91 Å². The number of rotatable bonds is 10. The molecule has 1 amide bonds. The van der Waals surface area contributed by atoms with E-state index in [1.54, 1.807) is 4.68 Å². The molecule has 0 radical (unpaired) electrons. The zero-order valence-electron chi connectivity index (χ0n) is 17.8. The van der Waals surface area contributed by atoms with Crippen molar-refractivity contribution in [3.05, 3.63) is 59.5 Å². The Morgan fingerprint density at radius 1 is 1.20 bits per heavy atom. The molecule has 1 aromatic carbocycles. The lowest BCUT2D eigenvalue weighted by atomic mass is 10.0. The summed E-state index contributed by atoms with van der Waals surface area (Å²) in [7, 11) is 0. The lowest BCUT2D eigenvalue weighted by Gasteiger charge is -2.13. The minimum Gasteiger partial charge on any atom is -0.381 e. The Bertz CT molecular complexity index is 999. The van der Waals surface area contributed by atoms with Crippen LogP contribution in [0.15, 0.2) is 42.5 Å². The van der Waals surface area contributed by atoms with Crippen LogP contribution >= 0.6 is 0 Å². The molecule has 0 fully saturated rings. The molecule has 0 bridgehead atoms. The maximum atomic E-state index is 11.7. The molecule has 2 heterocycles. The summed E-state index contributed by atoms with van der Waals surface area (Å²) in [5.41, 5.74) is 8.90. The highest BCUT2D eigenvalue weighted by Gasteiger charge is 2.18. The highest BCUT2D eigenvalue weighted by atomic mass is 16.5. The van der Waals surface area contributed by atoms with Crippen LogP contribution in [0.5, 0.6) is 0 Å². The molecule has 3 aromatic rings. The Hall–Kier alpha value is -3.06. The Labute approximate surface area is 177 Å². The average molecular weight is 408 g/mol. The first kappa shape index (κ1) is 21.6. The predicted octanol–water partition coefficient (Wildman–Crippen LogP) is 3.73. The molecule has 3 rings (SSSR count). The summed E-state index contributed by atoms with van der Waals surface area (Å²) in [6.45, 7) is 7.79. The average Bonchev–Trinajstić information content (AvgIpc) is 3.17. The summed E-state index contributed by atoms with van der Waals surface area (Å²) < 4.78 is 7.39. The Morgan fingerprint density at radius 3 is 2.73 bits per heavy atom. The number of aryl methyl sites for hydroxylation is 1. The van der Waals surface area contributed by atoms with Gasteiger partial charge in [0.25, 0.3) is 5.91 Å². The maximum Gasteiger partial charge on any atom is 0.288 e. The van der Waals surface area contributed by atoms with Crippen molar-refractivity contribution < 1.29 is 9.53 Å². The molecule has 7 heteroatoms. The van der Waals surface area contributed by atoms with Crippen molar-refractivity contribution in [3.63, 3.8) is 0 Å². The molecule has 0 aliphatic heterocycles. The molecule has 158 valence electrons. The van der Waals surface area contributed by atoms with Crippen molar-refractivity contribution >= 4 is 5.91 Å². The van der Waals surface area contributed by atoms with Gasteiger partial charge in [-0.05, 0) is 55.5 Å². The normalized spacial score (nSPS) is 12.1. The number of carbonyl (C=O) groups excluding carboxylic acids is 1. The second-order valence-electron chi connectivity index (χ2n) is 7.61. The molecule has 30 heavy (non-hydrogen) atoms. The first-order valence-corrected chi connectivity index (χ1v) is 10.4. The molecule has 0 saturated carbocycles. The van der Waals surface area contributed by atoms with Gasteiger partial charge >= 0.3 is 0 Å². The second kappa shape index (κ2) is 10.1. The minimum atomic E-state index is -0.670. The number of hydrogen-bond donors (Lipinski definition) is 1. The van der Waals surface area contributed by atoms with Gasteiger partial charge < -0.3 is 10.5 Å². The van der Waals surface area contributed by atoms with Crippen molar-refractivity contribution in [2.45, 2.75) is 40.0 Å². The first-order chi connectivity index (χ1) is 14.5. The zero-order valence-corrected chi connectivity index (χ0v) is 17.8. The van der Waals surface area contributed by atoms with Gasteiger partial charge in [-0.15, -0.1) is 5.10 Å². The maximum absolute atomic E-state index is 11.7. The van der Waals surface area contributed by atoms with Crippen molar-refractivity contribution in [2.24, 2.45) is 11.7 Å². The molecule has 0 aliphatic rings. The van der Waals surface area contributed by atoms with Crippen LogP contribution in [-0.2, 0) is 11.2 Å². The highest BCUT2D eigenvalue weighted by molar-refractivity contribution is 5.89.